The van der Waals surface area contributed by atoms with Gasteiger partial charge in [-0.3, -0.25) is 4.79 Å². The molecule has 6 nitrogen and oxygen atoms in total. The van der Waals surface area contributed by atoms with E-state index in [1.54, 1.807) is 18.2 Å². The molecule has 2 bridgehead atoms. The second-order valence-corrected chi connectivity index (χ2v) is 8.44. The van der Waals surface area contributed by atoms with Crippen molar-refractivity contribution in [2.75, 3.05) is 5.75 Å². The quantitative estimate of drug-likeness (QED) is 0.683. The monoisotopic (exact) mass is 404 g/mol. The molecule has 0 radical (unpaired) electrons. The van der Waals surface area contributed by atoms with E-state index in [0.29, 0.717) is 35.2 Å². The number of hydrogen-bond acceptors (Lipinski definition) is 5. The molecule has 1 amide bonds. The van der Waals surface area contributed by atoms with Crippen molar-refractivity contribution < 1.29 is 13.9 Å². The fourth-order valence-corrected chi connectivity index (χ4v) is 5.19. The fraction of sp³-hybridized carbons (Fsp3) is 0.550. The molecule has 1 N–H and O–H groups in total. The molecule has 2 aromatic rings. The van der Waals surface area contributed by atoms with Gasteiger partial charge in [-0.25, -0.2) is 4.39 Å². The summed E-state index contributed by atoms with van der Waals surface area (Å²) >= 11 is 1.38. The lowest BCUT2D eigenvalue weighted by molar-refractivity contribution is -0.119. The number of amides is 1. The van der Waals surface area contributed by atoms with Crippen molar-refractivity contribution >= 4 is 17.7 Å². The summed E-state index contributed by atoms with van der Waals surface area (Å²) in [4.78, 5) is 12.3. The van der Waals surface area contributed by atoms with Gasteiger partial charge in [-0.05, 0) is 50.2 Å². The molecule has 0 saturated heterocycles. The Labute approximate surface area is 168 Å². The minimum Gasteiger partial charge on any atom is -0.483 e. The Morgan fingerprint density at radius 3 is 2.89 bits per heavy atom. The molecule has 1 aromatic carbocycles. The number of ether oxygens (including phenoxy) is 1. The van der Waals surface area contributed by atoms with E-state index in [0.717, 1.165) is 12.3 Å². The van der Waals surface area contributed by atoms with Crippen LogP contribution >= 0.6 is 11.8 Å². The number of carbonyl (C=O) groups excluding carboxylic acids is 1. The summed E-state index contributed by atoms with van der Waals surface area (Å²) in [6, 6.07) is 6.63. The van der Waals surface area contributed by atoms with Crippen LogP contribution in [-0.2, 0) is 17.9 Å². The van der Waals surface area contributed by atoms with E-state index >= 15 is 0 Å². The number of carbonyl (C=O) groups is 1. The van der Waals surface area contributed by atoms with Crippen LogP contribution in [0.2, 0.25) is 0 Å². The number of nitrogens with one attached hydrogen (secondary N) is 1. The largest absolute Gasteiger partial charge is 0.483 e. The molecule has 4 rings (SSSR count). The van der Waals surface area contributed by atoms with Crippen LogP contribution in [0, 0.1) is 17.7 Å². The molecular weight excluding hydrogens is 379 g/mol. The summed E-state index contributed by atoms with van der Waals surface area (Å²) in [6.07, 6.45) is 4.97. The first-order valence-electron chi connectivity index (χ1n) is 9.85. The average Bonchev–Trinajstić information content (AvgIpc) is 3.41. The van der Waals surface area contributed by atoms with Crippen molar-refractivity contribution in [3.63, 3.8) is 0 Å². The predicted octanol–water partition coefficient (Wildman–Crippen LogP) is 3.41. The van der Waals surface area contributed by atoms with Gasteiger partial charge in [0.2, 0.25) is 5.91 Å². The van der Waals surface area contributed by atoms with E-state index in [1.165, 1.54) is 37.1 Å². The highest BCUT2D eigenvalue weighted by Gasteiger charge is 2.40. The number of benzene rings is 1. The third kappa shape index (κ3) is 4.16. The van der Waals surface area contributed by atoms with Crippen LogP contribution in [0.15, 0.2) is 29.4 Å². The van der Waals surface area contributed by atoms with Gasteiger partial charge in [0.25, 0.3) is 0 Å². The Morgan fingerprint density at radius 2 is 2.18 bits per heavy atom. The first kappa shape index (κ1) is 19.2. The number of fused-ring (bicyclic) bond motifs is 2. The molecule has 1 aromatic heterocycles. The number of hydrogen-bond donors (Lipinski definition) is 1. The van der Waals surface area contributed by atoms with Crippen LogP contribution in [0.3, 0.4) is 0 Å². The Hall–Kier alpha value is -2.09. The number of nitrogens with zero attached hydrogens (tertiary/aromatic N) is 3. The molecule has 28 heavy (non-hydrogen) atoms. The van der Waals surface area contributed by atoms with Crippen molar-refractivity contribution in [1.82, 2.24) is 20.1 Å². The van der Waals surface area contributed by atoms with Crippen molar-refractivity contribution in [3.8, 4) is 5.75 Å². The molecule has 2 aliphatic carbocycles. The maximum atomic E-state index is 13.7. The molecule has 2 saturated carbocycles. The molecule has 2 fully saturated rings. The first-order valence-corrected chi connectivity index (χ1v) is 10.8. The molecule has 150 valence electrons. The highest BCUT2D eigenvalue weighted by Crippen LogP contribution is 2.44. The van der Waals surface area contributed by atoms with Crippen LogP contribution in [0.4, 0.5) is 4.39 Å². The lowest BCUT2D eigenvalue weighted by Gasteiger charge is -2.22. The van der Waals surface area contributed by atoms with Gasteiger partial charge < -0.3 is 14.6 Å². The zero-order chi connectivity index (χ0) is 19.5. The van der Waals surface area contributed by atoms with Crippen LogP contribution in [0.25, 0.3) is 0 Å². The maximum absolute atomic E-state index is 13.7. The van der Waals surface area contributed by atoms with Crippen LogP contribution in [0.1, 0.15) is 38.4 Å². The van der Waals surface area contributed by atoms with Crippen molar-refractivity contribution in [2.45, 2.75) is 57.0 Å². The zero-order valence-corrected chi connectivity index (χ0v) is 16.8. The number of para-hydroxylation sites is 1. The van der Waals surface area contributed by atoms with E-state index in [-0.39, 0.29) is 18.3 Å². The zero-order valence-electron chi connectivity index (χ0n) is 15.9. The summed E-state index contributed by atoms with van der Waals surface area (Å²) in [5, 5.41) is 12.2. The molecule has 1 heterocycles. The standard InChI is InChI=1S/C20H25FN4O2S/c1-2-25-18(11-27-17-6-4-3-5-15(17)21)23-24-20(25)28-12-19(26)22-16-10-13-7-8-14(16)9-13/h3-6,13-14,16H,2,7-12H2,1H3,(H,22,26)/t13-,14-,16-/m0/s1. The second kappa shape index (κ2) is 8.51. The SMILES string of the molecule is CCn1c(COc2ccccc2F)nnc1SCC(=O)N[C@H]1C[C@H]2CC[C@H]1C2. The topological polar surface area (TPSA) is 69.0 Å². The van der Waals surface area contributed by atoms with Gasteiger partial charge in [0.05, 0.1) is 5.75 Å². The van der Waals surface area contributed by atoms with Crippen molar-refractivity contribution in [2.24, 2.45) is 11.8 Å². The first-order chi connectivity index (χ1) is 13.6. The van der Waals surface area contributed by atoms with Crippen molar-refractivity contribution in [1.29, 1.82) is 0 Å². The Balaban J connectivity index is 1.31. The smallest absolute Gasteiger partial charge is 0.230 e. The summed E-state index contributed by atoms with van der Waals surface area (Å²) in [6.45, 7) is 2.76. The molecule has 0 unspecified atom stereocenters. The summed E-state index contributed by atoms with van der Waals surface area (Å²) in [5.41, 5.74) is 0. The van der Waals surface area contributed by atoms with Gasteiger partial charge in [-0.15, -0.1) is 10.2 Å². The van der Waals surface area contributed by atoms with Gasteiger partial charge in [-0.1, -0.05) is 30.3 Å². The normalized spacial score (nSPS) is 23.1. The van der Waals surface area contributed by atoms with Crippen LogP contribution in [-0.4, -0.2) is 32.5 Å². The minimum absolute atomic E-state index is 0.0531. The summed E-state index contributed by atoms with van der Waals surface area (Å²) < 4.78 is 21.1. The Bertz CT molecular complexity index is 843. The van der Waals surface area contributed by atoms with Gasteiger partial charge in [0, 0.05) is 12.6 Å². The highest BCUT2D eigenvalue weighted by molar-refractivity contribution is 7.99. The van der Waals surface area contributed by atoms with E-state index < -0.39 is 5.82 Å². The van der Waals surface area contributed by atoms with Gasteiger partial charge in [-0.2, -0.15) is 0 Å². The van der Waals surface area contributed by atoms with Crippen LogP contribution < -0.4 is 10.1 Å². The van der Waals surface area contributed by atoms with Crippen LogP contribution in [0.5, 0.6) is 5.75 Å². The minimum atomic E-state index is -0.406. The van der Waals surface area contributed by atoms with E-state index in [9.17, 15) is 9.18 Å². The third-order valence-electron chi connectivity index (χ3n) is 5.72. The Kier molecular flexibility index (Phi) is 5.85. The van der Waals surface area contributed by atoms with Crippen molar-refractivity contribution in [3.05, 3.63) is 35.9 Å². The average molecular weight is 405 g/mol. The van der Waals surface area contributed by atoms with Gasteiger partial charge >= 0.3 is 0 Å². The molecule has 3 atom stereocenters. The predicted molar refractivity (Wildman–Crippen MR) is 105 cm³/mol. The summed E-state index contributed by atoms with van der Waals surface area (Å²) in [7, 11) is 0. The second-order valence-electron chi connectivity index (χ2n) is 7.50. The lowest BCUT2D eigenvalue weighted by atomic mass is 9.95. The molecule has 0 spiro atoms. The van der Waals surface area contributed by atoms with Gasteiger partial charge in [0.1, 0.15) is 6.61 Å². The molecule has 2 aliphatic rings. The van der Waals surface area contributed by atoms with Gasteiger partial charge in [0.15, 0.2) is 22.5 Å². The lowest BCUT2D eigenvalue weighted by Crippen LogP contribution is -2.39. The molecule has 8 heteroatoms. The number of aromatic nitrogens is 3. The summed E-state index contributed by atoms with van der Waals surface area (Å²) in [5.74, 6) is 2.24. The number of thioether (sulfide) groups is 1. The molecular formula is C20H25FN4O2S. The van der Waals surface area contributed by atoms with E-state index in [1.807, 2.05) is 11.5 Å². The fourth-order valence-electron chi connectivity index (χ4n) is 4.35. The highest BCUT2D eigenvalue weighted by atomic mass is 32.2. The maximum Gasteiger partial charge on any atom is 0.230 e. The number of rotatable bonds is 8. The molecule has 0 aliphatic heterocycles. The van der Waals surface area contributed by atoms with E-state index in [2.05, 4.69) is 15.5 Å². The Morgan fingerprint density at radius 1 is 1.32 bits per heavy atom. The number of halogens is 1. The van der Waals surface area contributed by atoms with E-state index in [4.69, 9.17) is 4.74 Å². The third-order valence-corrected chi connectivity index (χ3v) is 6.69.